The maximum atomic E-state index is 5.62. The van der Waals surface area contributed by atoms with E-state index in [2.05, 4.69) is 28.9 Å². The topological polar surface area (TPSA) is 29.9 Å². The molecule has 0 saturated carbocycles. The second kappa shape index (κ2) is 6.86. The highest BCUT2D eigenvalue weighted by Gasteiger charge is 1.94. The Bertz CT molecular complexity index is 463. The fourth-order valence-electron chi connectivity index (χ4n) is 1.47. The molecule has 1 heterocycles. The van der Waals surface area contributed by atoms with Gasteiger partial charge in [0, 0.05) is 17.8 Å². The SMILES string of the molecule is Nc1cc[n+](CC=Cc2ccccc2)cc1.[Br-]. The quantitative estimate of drug-likeness (QED) is 0.743. The first kappa shape index (κ1) is 13.5. The number of anilines is 1. The molecular formula is C14H15BrN2. The van der Waals surface area contributed by atoms with Crippen LogP contribution in [0.1, 0.15) is 5.56 Å². The highest BCUT2D eigenvalue weighted by molar-refractivity contribution is 5.48. The van der Waals surface area contributed by atoms with Crippen molar-refractivity contribution in [3.63, 3.8) is 0 Å². The van der Waals surface area contributed by atoms with Crippen LogP contribution in [0.3, 0.4) is 0 Å². The van der Waals surface area contributed by atoms with Gasteiger partial charge in [0.1, 0.15) is 0 Å². The molecule has 1 aromatic heterocycles. The van der Waals surface area contributed by atoms with Crippen molar-refractivity contribution < 1.29 is 21.5 Å². The maximum absolute atomic E-state index is 5.62. The summed E-state index contributed by atoms with van der Waals surface area (Å²) < 4.78 is 2.08. The van der Waals surface area contributed by atoms with E-state index in [9.17, 15) is 0 Å². The molecule has 0 aliphatic rings. The zero-order valence-electron chi connectivity index (χ0n) is 9.46. The fraction of sp³-hybridized carbons (Fsp3) is 0.0714. The predicted molar refractivity (Wildman–Crippen MR) is 66.5 cm³/mol. The van der Waals surface area contributed by atoms with Crippen LogP contribution in [0.2, 0.25) is 0 Å². The third-order valence-corrected chi connectivity index (χ3v) is 2.34. The van der Waals surface area contributed by atoms with Gasteiger partial charge in [0.05, 0.1) is 0 Å². The Morgan fingerprint density at radius 1 is 1.00 bits per heavy atom. The Morgan fingerprint density at radius 3 is 2.29 bits per heavy atom. The minimum absolute atomic E-state index is 0. The van der Waals surface area contributed by atoms with Crippen molar-refractivity contribution in [1.29, 1.82) is 0 Å². The second-order valence-electron chi connectivity index (χ2n) is 3.64. The van der Waals surface area contributed by atoms with Crippen LogP contribution in [0.4, 0.5) is 5.69 Å². The minimum atomic E-state index is 0. The summed E-state index contributed by atoms with van der Waals surface area (Å²) in [6.07, 6.45) is 8.20. The third kappa shape index (κ3) is 4.41. The molecular weight excluding hydrogens is 276 g/mol. The van der Waals surface area contributed by atoms with E-state index in [4.69, 9.17) is 5.73 Å². The predicted octanol–water partition coefficient (Wildman–Crippen LogP) is -0.726. The summed E-state index contributed by atoms with van der Waals surface area (Å²) in [7, 11) is 0. The van der Waals surface area contributed by atoms with E-state index in [1.165, 1.54) is 5.56 Å². The van der Waals surface area contributed by atoms with Crippen molar-refractivity contribution in [2.24, 2.45) is 0 Å². The molecule has 0 saturated heterocycles. The summed E-state index contributed by atoms with van der Waals surface area (Å²) in [6, 6.07) is 14.1. The lowest BCUT2D eigenvalue weighted by Gasteiger charge is -1.93. The van der Waals surface area contributed by atoms with E-state index < -0.39 is 0 Å². The van der Waals surface area contributed by atoms with Gasteiger partial charge in [-0.2, -0.15) is 0 Å². The largest absolute Gasteiger partial charge is 1.00 e. The third-order valence-electron chi connectivity index (χ3n) is 2.34. The number of hydrogen-bond acceptors (Lipinski definition) is 1. The van der Waals surface area contributed by atoms with E-state index in [1.807, 2.05) is 42.7 Å². The molecule has 17 heavy (non-hydrogen) atoms. The Labute approximate surface area is 112 Å². The number of nitrogens with two attached hydrogens (primary N) is 1. The van der Waals surface area contributed by atoms with Crippen LogP contribution in [-0.2, 0) is 6.54 Å². The number of allylic oxidation sites excluding steroid dienone is 1. The van der Waals surface area contributed by atoms with Gasteiger partial charge in [0.25, 0.3) is 0 Å². The van der Waals surface area contributed by atoms with Crippen molar-refractivity contribution in [3.8, 4) is 0 Å². The molecule has 3 heteroatoms. The molecule has 1 aromatic carbocycles. The molecule has 2 N–H and O–H groups in total. The average molecular weight is 291 g/mol. The second-order valence-corrected chi connectivity index (χ2v) is 3.64. The molecule has 0 unspecified atom stereocenters. The van der Waals surface area contributed by atoms with E-state index in [0.717, 1.165) is 12.2 Å². The highest BCUT2D eigenvalue weighted by atomic mass is 79.9. The van der Waals surface area contributed by atoms with Gasteiger partial charge in [-0.1, -0.05) is 36.4 Å². The smallest absolute Gasteiger partial charge is 0.171 e. The van der Waals surface area contributed by atoms with Crippen LogP contribution in [0.5, 0.6) is 0 Å². The summed E-state index contributed by atoms with van der Waals surface area (Å²) in [5.41, 5.74) is 7.63. The van der Waals surface area contributed by atoms with E-state index in [-0.39, 0.29) is 17.0 Å². The first-order chi connectivity index (χ1) is 7.84. The van der Waals surface area contributed by atoms with Gasteiger partial charge in [-0.25, -0.2) is 4.57 Å². The van der Waals surface area contributed by atoms with Crippen LogP contribution >= 0.6 is 0 Å². The first-order valence-electron chi connectivity index (χ1n) is 5.31. The van der Waals surface area contributed by atoms with Crippen molar-refractivity contribution in [1.82, 2.24) is 0 Å². The lowest BCUT2D eigenvalue weighted by Crippen LogP contribution is -3.00. The number of nitrogens with zero attached hydrogens (tertiary/aromatic N) is 1. The molecule has 0 aliphatic heterocycles. The van der Waals surface area contributed by atoms with Crippen LogP contribution < -0.4 is 27.3 Å². The van der Waals surface area contributed by atoms with Gasteiger partial charge in [-0.3, -0.25) is 0 Å². The summed E-state index contributed by atoms with van der Waals surface area (Å²) in [4.78, 5) is 0. The number of benzene rings is 1. The van der Waals surface area contributed by atoms with E-state index in [1.54, 1.807) is 0 Å². The zero-order valence-corrected chi connectivity index (χ0v) is 11.0. The number of hydrogen-bond donors (Lipinski definition) is 1. The lowest BCUT2D eigenvalue weighted by atomic mass is 10.2. The van der Waals surface area contributed by atoms with Crippen molar-refractivity contribution >= 4 is 11.8 Å². The van der Waals surface area contributed by atoms with Gasteiger partial charge < -0.3 is 22.7 Å². The molecule has 0 atom stereocenters. The van der Waals surface area contributed by atoms with Crippen LogP contribution in [0, 0.1) is 0 Å². The fourth-order valence-corrected chi connectivity index (χ4v) is 1.47. The van der Waals surface area contributed by atoms with Crippen LogP contribution in [0.15, 0.2) is 60.9 Å². The molecule has 0 fully saturated rings. The maximum Gasteiger partial charge on any atom is 0.171 e. The van der Waals surface area contributed by atoms with Crippen LogP contribution in [-0.4, -0.2) is 0 Å². The van der Waals surface area contributed by atoms with E-state index >= 15 is 0 Å². The molecule has 0 amide bonds. The normalized spacial score (nSPS) is 10.1. The van der Waals surface area contributed by atoms with Crippen molar-refractivity contribution in [3.05, 3.63) is 66.5 Å². The summed E-state index contributed by atoms with van der Waals surface area (Å²) in [5.74, 6) is 0. The highest BCUT2D eigenvalue weighted by Crippen LogP contribution is 2.00. The van der Waals surface area contributed by atoms with E-state index in [0.29, 0.717) is 0 Å². The zero-order chi connectivity index (χ0) is 11.2. The van der Waals surface area contributed by atoms with Gasteiger partial charge >= 0.3 is 0 Å². The Balaban J connectivity index is 0.00000144. The molecule has 0 radical (unpaired) electrons. The minimum Gasteiger partial charge on any atom is -1.00 e. The van der Waals surface area contributed by atoms with Crippen molar-refractivity contribution in [2.45, 2.75) is 6.54 Å². The van der Waals surface area contributed by atoms with Gasteiger partial charge in [-0.15, -0.1) is 0 Å². The Hall–Kier alpha value is -1.61. The van der Waals surface area contributed by atoms with Gasteiger partial charge in [0.15, 0.2) is 18.9 Å². The first-order valence-corrected chi connectivity index (χ1v) is 5.31. The summed E-state index contributed by atoms with van der Waals surface area (Å²) >= 11 is 0. The van der Waals surface area contributed by atoms with Crippen LogP contribution in [0.25, 0.3) is 6.08 Å². The Morgan fingerprint density at radius 2 is 1.65 bits per heavy atom. The molecule has 2 aromatic rings. The molecule has 2 rings (SSSR count). The lowest BCUT2D eigenvalue weighted by molar-refractivity contribution is -0.686. The summed E-state index contributed by atoms with van der Waals surface area (Å²) in [6.45, 7) is 0.856. The molecule has 2 nitrogen and oxygen atoms in total. The Kier molecular flexibility index (Phi) is 5.43. The van der Waals surface area contributed by atoms with Crippen molar-refractivity contribution in [2.75, 3.05) is 5.73 Å². The number of rotatable bonds is 3. The number of nitrogen functional groups attached to an aromatic ring is 1. The summed E-state index contributed by atoms with van der Waals surface area (Å²) in [5, 5.41) is 0. The molecule has 88 valence electrons. The van der Waals surface area contributed by atoms with Gasteiger partial charge in [-0.05, 0) is 11.6 Å². The number of halogens is 1. The molecule has 0 bridgehead atoms. The molecule has 0 spiro atoms. The van der Waals surface area contributed by atoms with Gasteiger partial charge in [0.2, 0.25) is 0 Å². The number of pyridine rings is 1. The standard InChI is InChI=1S/C14H14N2.BrH/c15-14-8-11-16(12-9-14)10-4-7-13-5-2-1-3-6-13;/h1-9,11-12,15H,10H2;1H. The monoisotopic (exact) mass is 290 g/mol. The molecule has 0 aliphatic carbocycles. The average Bonchev–Trinajstić information content (AvgIpc) is 2.33. The number of aromatic nitrogens is 1.